The largest absolute Gasteiger partial charge is 0.439 e. The van der Waals surface area contributed by atoms with Crippen LogP contribution in [0, 0.1) is 0 Å². The molecule has 3 aromatic rings. The number of Topliss-reactive ketones (excluding diaryl/α,β-unsaturated/α-hetero) is 1. The van der Waals surface area contributed by atoms with Gasteiger partial charge in [-0.2, -0.15) is 0 Å². The molecule has 3 rings (SSSR count). The maximum absolute atomic E-state index is 11.4. The lowest BCUT2D eigenvalue weighted by Gasteiger charge is -2.05. The van der Waals surface area contributed by atoms with Gasteiger partial charge < -0.3 is 9.73 Å². The summed E-state index contributed by atoms with van der Waals surface area (Å²) in [5.74, 6) is 1.27. The van der Waals surface area contributed by atoms with E-state index in [9.17, 15) is 4.79 Å². The lowest BCUT2D eigenvalue weighted by atomic mass is 10.1. The first kappa shape index (κ1) is 15.3. The van der Waals surface area contributed by atoms with Crippen molar-refractivity contribution in [2.75, 3.05) is 5.32 Å². The van der Waals surface area contributed by atoms with Gasteiger partial charge in [0, 0.05) is 21.8 Å². The van der Waals surface area contributed by atoms with Gasteiger partial charge in [-0.25, -0.2) is 4.98 Å². The number of ketones is 1. The van der Waals surface area contributed by atoms with Gasteiger partial charge >= 0.3 is 0 Å². The van der Waals surface area contributed by atoms with Crippen molar-refractivity contribution < 1.29 is 9.21 Å². The first-order chi connectivity index (χ1) is 11.1. The minimum absolute atomic E-state index is 0.0352. The Morgan fingerprint density at radius 1 is 1.22 bits per heavy atom. The molecule has 0 spiro atoms. The Morgan fingerprint density at radius 2 is 2.04 bits per heavy atom. The van der Waals surface area contributed by atoms with Gasteiger partial charge in [-0.15, -0.1) is 0 Å². The second kappa shape index (κ2) is 6.67. The average molecular weight is 327 g/mol. The lowest BCUT2D eigenvalue weighted by Crippen LogP contribution is -2.01. The molecule has 0 aliphatic heterocycles. The summed E-state index contributed by atoms with van der Waals surface area (Å²) in [4.78, 5) is 15.6. The number of benzene rings is 2. The van der Waals surface area contributed by atoms with Gasteiger partial charge in [0.15, 0.2) is 11.5 Å². The number of nitrogens with one attached hydrogen (secondary N) is 1. The van der Waals surface area contributed by atoms with Crippen LogP contribution in [0.1, 0.15) is 23.2 Å². The number of carbonyl (C=O) groups is 1. The molecule has 0 atom stereocenters. The van der Waals surface area contributed by atoms with Crippen LogP contribution in [0.25, 0.3) is 11.3 Å². The summed E-state index contributed by atoms with van der Waals surface area (Å²) in [6, 6.07) is 14.8. The van der Waals surface area contributed by atoms with E-state index in [1.54, 1.807) is 19.2 Å². The summed E-state index contributed by atoms with van der Waals surface area (Å²) in [5, 5.41) is 3.85. The number of carbonyl (C=O) groups excluding carboxylic acids is 1. The summed E-state index contributed by atoms with van der Waals surface area (Å²) in [7, 11) is 0. The van der Waals surface area contributed by atoms with E-state index in [1.165, 1.54) is 0 Å². The molecule has 1 aromatic heterocycles. The van der Waals surface area contributed by atoms with Crippen molar-refractivity contribution in [3.8, 4) is 11.3 Å². The maximum atomic E-state index is 11.4. The highest BCUT2D eigenvalue weighted by Gasteiger charge is 2.07. The van der Waals surface area contributed by atoms with E-state index in [-0.39, 0.29) is 5.78 Å². The third kappa shape index (κ3) is 3.79. The van der Waals surface area contributed by atoms with E-state index < -0.39 is 0 Å². The van der Waals surface area contributed by atoms with Crippen LogP contribution in [0.15, 0.2) is 59.1 Å². The van der Waals surface area contributed by atoms with Gasteiger partial charge in [-0.3, -0.25) is 4.79 Å². The summed E-state index contributed by atoms with van der Waals surface area (Å²) in [6.07, 6.45) is 1.68. The molecule has 4 nitrogen and oxygen atoms in total. The van der Waals surface area contributed by atoms with Crippen LogP contribution in [0.4, 0.5) is 5.69 Å². The van der Waals surface area contributed by atoms with Crippen molar-refractivity contribution in [2.24, 2.45) is 0 Å². The number of aromatic nitrogens is 1. The molecule has 0 aliphatic rings. The molecule has 2 aromatic carbocycles. The smallest absolute Gasteiger partial charge is 0.214 e. The van der Waals surface area contributed by atoms with E-state index in [1.807, 2.05) is 42.5 Å². The fourth-order valence-electron chi connectivity index (χ4n) is 2.19. The van der Waals surface area contributed by atoms with E-state index in [0.717, 1.165) is 11.3 Å². The molecule has 0 unspecified atom stereocenters. The summed E-state index contributed by atoms with van der Waals surface area (Å²) in [5.41, 5.74) is 2.40. The summed E-state index contributed by atoms with van der Waals surface area (Å²) >= 11 is 5.98. The van der Waals surface area contributed by atoms with Crippen molar-refractivity contribution >= 4 is 23.1 Å². The van der Waals surface area contributed by atoms with E-state index in [4.69, 9.17) is 16.0 Å². The minimum Gasteiger partial charge on any atom is -0.439 e. The zero-order valence-electron chi connectivity index (χ0n) is 12.5. The van der Waals surface area contributed by atoms with Gasteiger partial charge in [0.1, 0.15) is 0 Å². The van der Waals surface area contributed by atoms with Crippen molar-refractivity contribution in [3.63, 3.8) is 0 Å². The van der Waals surface area contributed by atoms with Crippen LogP contribution in [0.5, 0.6) is 0 Å². The van der Waals surface area contributed by atoms with Crippen LogP contribution in [0.2, 0.25) is 5.02 Å². The van der Waals surface area contributed by atoms with Gasteiger partial charge in [-0.1, -0.05) is 35.9 Å². The molecule has 5 heteroatoms. The predicted molar refractivity (Wildman–Crippen MR) is 90.7 cm³/mol. The highest BCUT2D eigenvalue weighted by Crippen LogP contribution is 2.23. The minimum atomic E-state index is 0.0352. The lowest BCUT2D eigenvalue weighted by molar-refractivity contribution is 0.101. The standard InChI is InChI=1S/C18H15ClN2O2/c1-12(22)13-4-3-7-16(9-13)20-11-18-21-10-17(23-18)14-5-2-6-15(19)8-14/h2-10,20H,11H2,1H3. The second-order valence-electron chi connectivity index (χ2n) is 5.12. The molecule has 1 N–H and O–H groups in total. The first-order valence-electron chi connectivity index (χ1n) is 7.17. The quantitative estimate of drug-likeness (QED) is 0.684. The topological polar surface area (TPSA) is 55.1 Å². The zero-order chi connectivity index (χ0) is 16.2. The Labute approximate surface area is 139 Å². The zero-order valence-corrected chi connectivity index (χ0v) is 13.3. The highest BCUT2D eigenvalue weighted by molar-refractivity contribution is 6.30. The van der Waals surface area contributed by atoms with Gasteiger partial charge in [0.25, 0.3) is 0 Å². The number of oxazole rings is 1. The molecule has 0 radical (unpaired) electrons. The number of halogens is 1. The molecular formula is C18H15ClN2O2. The molecule has 0 saturated heterocycles. The summed E-state index contributed by atoms with van der Waals surface area (Å²) in [6.45, 7) is 1.98. The van der Waals surface area contributed by atoms with Gasteiger partial charge in [-0.05, 0) is 31.2 Å². The molecule has 116 valence electrons. The fraction of sp³-hybridized carbons (Fsp3) is 0.111. The van der Waals surface area contributed by atoms with Gasteiger partial charge in [0.05, 0.1) is 12.7 Å². The average Bonchev–Trinajstić information content (AvgIpc) is 3.02. The van der Waals surface area contributed by atoms with Gasteiger partial charge in [0.2, 0.25) is 5.89 Å². The highest BCUT2D eigenvalue weighted by atomic mass is 35.5. The molecule has 0 amide bonds. The SMILES string of the molecule is CC(=O)c1cccc(NCc2ncc(-c3cccc(Cl)c3)o2)c1. The predicted octanol–water partition coefficient (Wildman–Crippen LogP) is 4.81. The molecule has 0 fully saturated rings. The second-order valence-corrected chi connectivity index (χ2v) is 5.56. The Hall–Kier alpha value is -2.59. The molecule has 1 heterocycles. The van der Waals surface area contributed by atoms with E-state index >= 15 is 0 Å². The Kier molecular flexibility index (Phi) is 4.44. The molecule has 0 saturated carbocycles. The Morgan fingerprint density at radius 3 is 2.83 bits per heavy atom. The van der Waals surface area contributed by atoms with E-state index in [0.29, 0.717) is 28.8 Å². The first-order valence-corrected chi connectivity index (χ1v) is 7.55. The third-order valence-corrected chi connectivity index (χ3v) is 3.61. The van der Waals surface area contributed by atoms with Crippen molar-refractivity contribution in [3.05, 3.63) is 71.2 Å². The maximum Gasteiger partial charge on any atom is 0.214 e. The fourth-order valence-corrected chi connectivity index (χ4v) is 2.38. The van der Waals surface area contributed by atoms with Crippen LogP contribution in [-0.2, 0) is 6.54 Å². The van der Waals surface area contributed by atoms with Crippen LogP contribution in [-0.4, -0.2) is 10.8 Å². The van der Waals surface area contributed by atoms with Crippen molar-refractivity contribution in [1.29, 1.82) is 0 Å². The molecule has 0 aliphatic carbocycles. The van der Waals surface area contributed by atoms with Crippen LogP contribution >= 0.6 is 11.6 Å². The van der Waals surface area contributed by atoms with Crippen molar-refractivity contribution in [2.45, 2.75) is 13.5 Å². The normalized spacial score (nSPS) is 10.5. The monoisotopic (exact) mass is 326 g/mol. The Bertz CT molecular complexity index is 842. The molecular weight excluding hydrogens is 312 g/mol. The van der Waals surface area contributed by atoms with E-state index in [2.05, 4.69) is 10.3 Å². The third-order valence-electron chi connectivity index (χ3n) is 3.38. The molecule has 0 bridgehead atoms. The van der Waals surface area contributed by atoms with Crippen molar-refractivity contribution in [1.82, 2.24) is 4.98 Å². The number of hydrogen-bond donors (Lipinski definition) is 1. The number of nitrogens with zero attached hydrogens (tertiary/aromatic N) is 1. The van der Waals surface area contributed by atoms with Crippen LogP contribution < -0.4 is 5.32 Å². The molecule has 23 heavy (non-hydrogen) atoms. The summed E-state index contributed by atoms with van der Waals surface area (Å²) < 4.78 is 5.72. The van der Waals surface area contributed by atoms with Crippen LogP contribution in [0.3, 0.4) is 0 Å². The Balaban J connectivity index is 1.70. The number of anilines is 1. The number of hydrogen-bond acceptors (Lipinski definition) is 4. The number of rotatable bonds is 5.